The molecular weight excluding hydrogens is 304 g/mol. The maximum atomic E-state index is 12.4. The smallest absolute Gasteiger partial charge is 0.195 e. The lowest BCUT2D eigenvalue weighted by Gasteiger charge is -2.36. The first kappa shape index (κ1) is 13.8. The van der Waals surface area contributed by atoms with Gasteiger partial charge in [-0.15, -0.1) is 0 Å². The van der Waals surface area contributed by atoms with Gasteiger partial charge in [0, 0.05) is 31.0 Å². The molecule has 2 aliphatic rings. The topological polar surface area (TPSA) is 40.6 Å². The Bertz CT molecular complexity index is 316. The number of rotatable bonds is 2. The van der Waals surface area contributed by atoms with Gasteiger partial charge in [-0.1, -0.05) is 22.9 Å². The largest absolute Gasteiger partial charge is 0.281 e. The lowest BCUT2D eigenvalue weighted by Crippen LogP contribution is -2.49. The zero-order chi connectivity index (χ0) is 12.5. The molecule has 0 aromatic heterocycles. The van der Waals surface area contributed by atoms with Crippen LogP contribution in [0.5, 0.6) is 0 Å². The van der Waals surface area contributed by atoms with Crippen LogP contribution in [0.2, 0.25) is 0 Å². The Labute approximate surface area is 113 Å². The second-order valence-corrected chi connectivity index (χ2v) is 8.39. The van der Waals surface area contributed by atoms with E-state index in [9.17, 15) is 8.42 Å². The van der Waals surface area contributed by atoms with Crippen LogP contribution >= 0.6 is 15.9 Å². The van der Waals surface area contributed by atoms with Crippen LogP contribution < -0.4 is 0 Å². The minimum absolute atomic E-state index is 0.482. The number of hydrogen-bond acceptors (Lipinski definition) is 2. The van der Waals surface area contributed by atoms with E-state index in [4.69, 9.17) is 0 Å². The summed E-state index contributed by atoms with van der Waals surface area (Å²) in [7, 11) is -3.19. The molecule has 0 saturated carbocycles. The van der Waals surface area contributed by atoms with Crippen LogP contribution in [-0.2, 0) is 10.2 Å². The predicted octanol–water partition coefficient (Wildman–Crippen LogP) is 1.82. The van der Waals surface area contributed by atoms with Crippen LogP contribution in [0.3, 0.4) is 0 Å². The van der Waals surface area contributed by atoms with Crippen LogP contribution in [0, 0.1) is 5.92 Å². The molecule has 17 heavy (non-hydrogen) atoms. The van der Waals surface area contributed by atoms with Gasteiger partial charge in [0.1, 0.15) is 0 Å². The maximum Gasteiger partial charge on any atom is 0.281 e. The van der Waals surface area contributed by atoms with Crippen LogP contribution in [-0.4, -0.2) is 48.0 Å². The fourth-order valence-electron chi connectivity index (χ4n) is 2.43. The molecule has 0 atom stereocenters. The molecule has 0 bridgehead atoms. The highest BCUT2D eigenvalue weighted by molar-refractivity contribution is 9.09. The van der Waals surface area contributed by atoms with Gasteiger partial charge >= 0.3 is 0 Å². The molecule has 100 valence electrons. The number of hydrogen-bond donors (Lipinski definition) is 0. The molecule has 4 nitrogen and oxygen atoms in total. The first-order valence-electron chi connectivity index (χ1n) is 6.39. The standard InChI is InChI=1S/C11H21BrN2O2S/c1-10-2-6-13(7-3-10)17(15,16)14-8-4-11(12)5-9-14/h10-11H,2-9H2,1H3. The first-order valence-corrected chi connectivity index (χ1v) is 8.70. The molecule has 2 heterocycles. The summed E-state index contributed by atoms with van der Waals surface area (Å²) in [6.45, 7) is 4.89. The second kappa shape index (κ2) is 5.55. The van der Waals surface area contributed by atoms with E-state index in [0.29, 0.717) is 36.9 Å². The van der Waals surface area contributed by atoms with Gasteiger partial charge in [0.2, 0.25) is 0 Å². The molecule has 2 saturated heterocycles. The summed E-state index contributed by atoms with van der Waals surface area (Å²) >= 11 is 3.55. The monoisotopic (exact) mass is 324 g/mol. The molecule has 0 aliphatic carbocycles. The van der Waals surface area contributed by atoms with E-state index in [-0.39, 0.29) is 0 Å². The van der Waals surface area contributed by atoms with Crippen molar-refractivity contribution >= 4 is 26.1 Å². The minimum atomic E-state index is -3.19. The van der Waals surface area contributed by atoms with E-state index < -0.39 is 10.2 Å². The molecule has 0 aromatic carbocycles. The molecule has 0 aromatic rings. The van der Waals surface area contributed by atoms with Crippen molar-refractivity contribution in [2.24, 2.45) is 5.92 Å². The molecular formula is C11H21BrN2O2S. The van der Waals surface area contributed by atoms with Crippen molar-refractivity contribution in [2.75, 3.05) is 26.2 Å². The van der Waals surface area contributed by atoms with Crippen LogP contribution in [0.1, 0.15) is 32.6 Å². The van der Waals surface area contributed by atoms with Crippen LogP contribution in [0.4, 0.5) is 0 Å². The fraction of sp³-hybridized carbons (Fsp3) is 1.00. The van der Waals surface area contributed by atoms with E-state index in [1.165, 1.54) is 0 Å². The summed E-state index contributed by atoms with van der Waals surface area (Å²) in [6, 6.07) is 0. The highest BCUT2D eigenvalue weighted by Crippen LogP contribution is 2.24. The van der Waals surface area contributed by atoms with Gasteiger partial charge in [-0.3, -0.25) is 0 Å². The third-order valence-electron chi connectivity index (χ3n) is 3.78. The third kappa shape index (κ3) is 3.22. The molecule has 0 unspecified atom stereocenters. The molecule has 0 spiro atoms. The molecule has 2 fully saturated rings. The Balaban J connectivity index is 1.98. The predicted molar refractivity (Wildman–Crippen MR) is 72.4 cm³/mol. The summed E-state index contributed by atoms with van der Waals surface area (Å²) in [5.41, 5.74) is 0. The Morgan fingerprint density at radius 2 is 1.35 bits per heavy atom. The molecule has 0 radical (unpaired) electrons. The Kier molecular flexibility index (Phi) is 4.50. The zero-order valence-electron chi connectivity index (χ0n) is 10.3. The van der Waals surface area contributed by atoms with Crippen molar-refractivity contribution in [3.8, 4) is 0 Å². The Morgan fingerprint density at radius 3 is 1.82 bits per heavy atom. The number of nitrogens with zero attached hydrogens (tertiary/aromatic N) is 2. The van der Waals surface area contributed by atoms with Crippen LogP contribution in [0.15, 0.2) is 0 Å². The van der Waals surface area contributed by atoms with Crippen molar-refractivity contribution in [1.29, 1.82) is 0 Å². The first-order chi connectivity index (χ1) is 8.00. The van der Waals surface area contributed by atoms with Crippen LogP contribution in [0.25, 0.3) is 0 Å². The molecule has 6 heteroatoms. The van der Waals surface area contributed by atoms with Gasteiger partial charge in [0.25, 0.3) is 10.2 Å². The van der Waals surface area contributed by atoms with Crippen molar-refractivity contribution in [3.63, 3.8) is 0 Å². The fourth-order valence-corrected chi connectivity index (χ4v) is 4.51. The van der Waals surface area contributed by atoms with Gasteiger partial charge in [-0.05, 0) is 31.6 Å². The highest BCUT2D eigenvalue weighted by atomic mass is 79.9. The van der Waals surface area contributed by atoms with Gasteiger partial charge in [-0.25, -0.2) is 0 Å². The molecule has 0 N–H and O–H groups in total. The molecule has 2 rings (SSSR count). The summed E-state index contributed by atoms with van der Waals surface area (Å²) in [5.74, 6) is 0.662. The van der Waals surface area contributed by atoms with Gasteiger partial charge in [0.05, 0.1) is 0 Å². The Hall–Kier alpha value is 0.350. The van der Waals surface area contributed by atoms with Gasteiger partial charge in [-0.2, -0.15) is 17.0 Å². The minimum Gasteiger partial charge on any atom is -0.195 e. The Morgan fingerprint density at radius 1 is 0.941 bits per heavy atom. The number of alkyl halides is 1. The van der Waals surface area contributed by atoms with E-state index in [1.807, 2.05) is 0 Å². The molecule has 2 aliphatic heterocycles. The number of halogens is 1. The number of piperidine rings is 2. The van der Waals surface area contributed by atoms with Crippen molar-refractivity contribution in [1.82, 2.24) is 8.61 Å². The lowest BCUT2D eigenvalue weighted by molar-refractivity contribution is 0.255. The molecule has 0 amide bonds. The highest BCUT2D eigenvalue weighted by Gasteiger charge is 2.33. The quantitative estimate of drug-likeness (QED) is 0.727. The zero-order valence-corrected chi connectivity index (χ0v) is 12.7. The maximum absolute atomic E-state index is 12.4. The van der Waals surface area contributed by atoms with E-state index in [0.717, 1.165) is 25.7 Å². The lowest BCUT2D eigenvalue weighted by atomic mass is 10.0. The average molecular weight is 325 g/mol. The normalized spacial score (nSPS) is 27.4. The van der Waals surface area contributed by atoms with E-state index in [1.54, 1.807) is 8.61 Å². The van der Waals surface area contributed by atoms with Crippen molar-refractivity contribution < 1.29 is 8.42 Å². The summed E-state index contributed by atoms with van der Waals surface area (Å²) < 4.78 is 28.1. The second-order valence-electron chi connectivity index (χ2n) is 5.16. The summed E-state index contributed by atoms with van der Waals surface area (Å²) in [4.78, 5) is 0.482. The van der Waals surface area contributed by atoms with E-state index in [2.05, 4.69) is 22.9 Å². The van der Waals surface area contributed by atoms with Gasteiger partial charge in [0.15, 0.2) is 0 Å². The van der Waals surface area contributed by atoms with Gasteiger partial charge < -0.3 is 0 Å². The summed E-state index contributed by atoms with van der Waals surface area (Å²) in [6.07, 6.45) is 3.83. The SMILES string of the molecule is CC1CCN(S(=O)(=O)N2CCC(Br)CC2)CC1. The summed E-state index contributed by atoms with van der Waals surface area (Å²) in [5, 5.41) is 0. The van der Waals surface area contributed by atoms with Crippen molar-refractivity contribution in [2.45, 2.75) is 37.4 Å². The van der Waals surface area contributed by atoms with E-state index >= 15 is 0 Å². The third-order valence-corrected chi connectivity index (χ3v) is 6.73. The van der Waals surface area contributed by atoms with Crippen molar-refractivity contribution in [3.05, 3.63) is 0 Å². The average Bonchev–Trinajstić information content (AvgIpc) is 2.30.